The fraction of sp³-hybridized carbons (Fsp3) is 0.389. The van der Waals surface area contributed by atoms with E-state index in [4.69, 9.17) is 10.5 Å². The Hall–Kier alpha value is -3.19. The molecule has 0 bridgehead atoms. The maximum Gasteiger partial charge on any atom is 0.243 e. The summed E-state index contributed by atoms with van der Waals surface area (Å²) < 4.78 is 6.13. The van der Waals surface area contributed by atoms with Crippen LogP contribution in [-0.2, 0) is 0 Å². The van der Waals surface area contributed by atoms with E-state index in [1.807, 2.05) is 24.3 Å². The van der Waals surface area contributed by atoms with Crippen LogP contribution in [0.2, 0.25) is 0 Å². The Bertz CT molecular complexity index is 828. The van der Waals surface area contributed by atoms with Gasteiger partial charge in [0.05, 0.1) is 11.8 Å². The summed E-state index contributed by atoms with van der Waals surface area (Å²) >= 11 is 0. The molecule has 1 fully saturated rings. The number of aliphatic imine (C=N–C) groups is 1. The first-order chi connectivity index (χ1) is 12.2. The molecular weight excluding hydrogens is 316 g/mol. The van der Waals surface area contributed by atoms with Crippen molar-refractivity contribution in [1.29, 1.82) is 10.5 Å². The number of hydrogen-bond donors (Lipinski definition) is 2. The number of amidine groups is 1. The molecule has 4 rings (SSSR count). The number of anilines is 1. The van der Waals surface area contributed by atoms with E-state index in [2.05, 4.69) is 27.3 Å². The van der Waals surface area contributed by atoms with E-state index >= 15 is 0 Å². The highest BCUT2D eigenvalue weighted by Crippen LogP contribution is 2.46. The molecule has 7 nitrogen and oxygen atoms in total. The molecule has 7 heteroatoms. The number of nitriles is 2. The van der Waals surface area contributed by atoms with Crippen molar-refractivity contribution in [3.05, 3.63) is 35.7 Å². The van der Waals surface area contributed by atoms with Crippen LogP contribution in [0.25, 0.3) is 0 Å². The fourth-order valence-corrected chi connectivity index (χ4v) is 3.73. The quantitative estimate of drug-likeness (QED) is 0.750. The number of nitrogens with one attached hydrogen (secondary N) is 1. The second kappa shape index (κ2) is 5.71. The first-order valence-electron chi connectivity index (χ1n) is 8.39. The number of ether oxygens (including phenoxy) is 1. The monoisotopic (exact) mass is 334 g/mol. The lowest BCUT2D eigenvalue weighted by atomic mass is 9.85. The summed E-state index contributed by atoms with van der Waals surface area (Å²) in [5, 5.41) is 22.9. The Morgan fingerprint density at radius 2 is 2.00 bits per heavy atom. The highest BCUT2D eigenvalue weighted by molar-refractivity contribution is 5.92. The van der Waals surface area contributed by atoms with E-state index in [0.717, 1.165) is 31.6 Å². The standard InChI is InChI=1S/C18H18N6O/c19-10-12-16(21)22-17(24-8-4-1-5-9-24)13(11-20)18(12)23-14-6-2-3-7-15(14)25-18/h2-3,6-7,13,23H,1,4-5,8-9,21H2. The highest BCUT2D eigenvalue weighted by atomic mass is 16.5. The van der Waals surface area contributed by atoms with Crippen LogP contribution in [0.3, 0.4) is 0 Å². The van der Waals surface area contributed by atoms with Crippen LogP contribution in [0.5, 0.6) is 5.75 Å². The number of piperidine rings is 1. The minimum atomic E-state index is -1.33. The molecule has 3 N–H and O–H groups in total. The van der Waals surface area contributed by atoms with Crippen molar-refractivity contribution in [2.75, 3.05) is 18.4 Å². The number of nitrogens with zero attached hydrogens (tertiary/aromatic N) is 4. The third kappa shape index (κ3) is 2.20. The van der Waals surface area contributed by atoms with Gasteiger partial charge in [0.15, 0.2) is 5.92 Å². The molecule has 3 aliphatic heterocycles. The molecule has 0 amide bonds. The number of benzene rings is 1. The van der Waals surface area contributed by atoms with Crippen molar-refractivity contribution < 1.29 is 4.74 Å². The smallest absolute Gasteiger partial charge is 0.243 e. The lowest BCUT2D eigenvalue weighted by molar-refractivity contribution is 0.133. The van der Waals surface area contributed by atoms with Gasteiger partial charge in [0.25, 0.3) is 0 Å². The van der Waals surface area contributed by atoms with Crippen molar-refractivity contribution in [3.63, 3.8) is 0 Å². The van der Waals surface area contributed by atoms with Crippen LogP contribution in [0.4, 0.5) is 5.69 Å². The van der Waals surface area contributed by atoms with Crippen LogP contribution in [0.1, 0.15) is 19.3 Å². The SMILES string of the molecule is N#CC1=C(N)N=C(N2CCCCC2)C(C#N)C12Nc1ccccc1O2. The van der Waals surface area contributed by atoms with Crippen LogP contribution < -0.4 is 15.8 Å². The van der Waals surface area contributed by atoms with E-state index < -0.39 is 11.6 Å². The molecule has 1 saturated heterocycles. The van der Waals surface area contributed by atoms with Gasteiger partial charge in [0, 0.05) is 13.1 Å². The molecule has 0 aliphatic carbocycles. The fourth-order valence-electron chi connectivity index (χ4n) is 3.73. The van der Waals surface area contributed by atoms with E-state index in [1.165, 1.54) is 6.42 Å². The van der Waals surface area contributed by atoms with E-state index in [-0.39, 0.29) is 11.4 Å². The molecule has 2 unspecified atom stereocenters. The molecule has 2 atom stereocenters. The Kier molecular flexibility index (Phi) is 3.51. The summed E-state index contributed by atoms with van der Waals surface area (Å²) in [7, 11) is 0. The summed E-state index contributed by atoms with van der Waals surface area (Å²) in [4.78, 5) is 6.52. The first-order valence-corrected chi connectivity index (χ1v) is 8.39. The Morgan fingerprint density at radius 3 is 2.68 bits per heavy atom. The molecule has 3 aliphatic rings. The zero-order valence-corrected chi connectivity index (χ0v) is 13.7. The van der Waals surface area contributed by atoms with Crippen molar-refractivity contribution in [2.24, 2.45) is 16.6 Å². The Balaban J connectivity index is 1.83. The second-order valence-corrected chi connectivity index (χ2v) is 6.41. The molecule has 25 heavy (non-hydrogen) atoms. The topological polar surface area (TPSA) is 110 Å². The van der Waals surface area contributed by atoms with Gasteiger partial charge in [-0.15, -0.1) is 0 Å². The number of fused-ring (bicyclic) bond motifs is 1. The predicted octanol–water partition coefficient (Wildman–Crippen LogP) is 1.92. The van der Waals surface area contributed by atoms with Gasteiger partial charge in [-0.3, -0.25) is 0 Å². The lowest BCUT2D eigenvalue weighted by Gasteiger charge is -2.41. The largest absolute Gasteiger partial charge is 0.459 e. The minimum absolute atomic E-state index is 0.106. The van der Waals surface area contributed by atoms with Gasteiger partial charge in [-0.25, -0.2) is 4.99 Å². The molecule has 1 spiro atoms. The number of likely N-dealkylation sites (tertiary alicyclic amines) is 1. The molecular formula is C18H18N6O. The molecule has 0 saturated carbocycles. The van der Waals surface area contributed by atoms with Crippen LogP contribution >= 0.6 is 0 Å². The zero-order valence-electron chi connectivity index (χ0n) is 13.7. The Labute approximate surface area is 146 Å². The van der Waals surface area contributed by atoms with E-state index in [1.54, 1.807) is 0 Å². The summed E-state index contributed by atoms with van der Waals surface area (Å²) in [6.45, 7) is 1.66. The third-order valence-electron chi connectivity index (χ3n) is 4.93. The van der Waals surface area contributed by atoms with E-state index in [9.17, 15) is 10.5 Å². The molecule has 3 heterocycles. The van der Waals surface area contributed by atoms with Gasteiger partial charge in [-0.05, 0) is 31.4 Å². The Morgan fingerprint density at radius 1 is 1.24 bits per heavy atom. The summed E-state index contributed by atoms with van der Waals surface area (Å²) in [6.07, 6.45) is 3.27. The van der Waals surface area contributed by atoms with Crippen molar-refractivity contribution in [2.45, 2.75) is 25.0 Å². The van der Waals surface area contributed by atoms with Gasteiger partial charge in [0.1, 0.15) is 29.0 Å². The van der Waals surface area contributed by atoms with Crippen molar-refractivity contribution in [1.82, 2.24) is 4.90 Å². The lowest BCUT2D eigenvalue weighted by Crippen LogP contribution is -2.58. The zero-order chi connectivity index (χ0) is 17.4. The van der Waals surface area contributed by atoms with Gasteiger partial charge >= 0.3 is 0 Å². The molecule has 0 radical (unpaired) electrons. The number of para-hydroxylation sites is 2. The van der Waals surface area contributed by atoms with Gasteiger partial charge < -0.3 is 20.7 Å². The molecule has 1 aromatic carbocycles. The average Bonchev–Trinajstić information content (AvgIpc) is 3.01. The summed E-state index contributed by atoms with van der Waals surface area (Å²) in [6, 6.07) is 11.8. The second-order valence-electron chi connectivity index (χ2n) is 6.41. The normalized spacial score (nSPS) is 27.7. The number of rotatable bonds is 0. The van der Waals surface area contributed by atoms with Gasteiger partial charge in [-0.1, -0.05) is 12.1 Å². The average molecular weight is 334 g/mol. The predicted molar refractivity (Wildman–Crippen MR) is 92.2 cm³/mol. The third-order valence-corrected chi connectivity index (χ3v) is 4.93. The van der Waals surface area contributed by atoms with Crippen LogP contribution in [0, 0.1) is 28.6 Å². The highest BCUT2D eigenvalue weighted by Gasteiger charge is 2.56. The first kappa shape index (κ1) is 15.3. The van der Waals surface area contributed by atoms with Crippen LogP contribution in [-0.4, -0.2) is 29.6 Å². The number of hydrogen-bond acceptors (Lipinski definition) is 7. The minimum Gasteiger partial charge on any atom is -0.459 e. The summed E-state index contributed by atoms with van der Waals surface area (Å²) in [5.41, 5.74) is 5.67. The maximum atomic E-state index is 9.95. The van der Waals surface area contributed by atoms with Gasteiger partial charge in [-0.2, -0.15) is 10.5 Å². The van der Waals surface area contributed by atoms with Crippen molar-refractivity contribution >= 4 is 11.5 Å². The molecule has 0 aromatic heterocycles. The summed E-state index contributed by atoms with van der Waals surface area (Å²) in [5.74, 6) is 0.525. The van der Waals surface area contributed by atoms with E-state index in [0.29, 0.717) is 11.6 Å². The van der Waals surface area contributed by atoms with Crippen LogP contribution in [0.15, 0.2) is 40.7 Å². The number of nitrogens with two attached hydrogens (primary N) is 1. The van der Waals surface area contributed by atoms with Crippen molar-refractivity contribution in [3.8, 4) is 17.9 Å². The van der Waals surface area contributed by atoms with Gasteiger partial charge in [0.2, 0.25) is 5.72 Å². The maximum absolute atomic E-state index is 9.95. The molecule has 1 aromatic rings. The molecule has 126 valence electrons.